The molecule has 1 amide bonds. The van der Waals surface area contributed by atoms with Crippen molar-refractivity contribution in [2.45, 2.75) is 0 Å². The average Bonchev–Trinajstić information content (AvgIpc) is 2.03. The molecule has 1 N–H and O–H groups in total. The highest BCUT2D eigenvalue weighted by atomic mass is 35.5. The molecule has 0 radical (unpaired) electrons. The van der Waals surface area contributed by atoms with E-state index in [4.69, 9.17) is 11.6 Å². The average molecular weight is 201 g/mol. The largest absolute Gasteiger partial charge is 0.328 e. The fraction of sp³-hybridized carbons (Fsp3) is 0. The maximum atomic E-state index is 10.3. The van der Waals surface area contributed by atoms with Gasteiger partial charge < -0.3 is 5.32 Å². The van der Waals surface area contributed by atoms with E-state index < -0.39 is 4.92 Å². The smallest absolute Gasteiger partial charge is 0.272 e. The summed E-state index contributed by atoms with van der Waals surface area (Å²) in [5.74, 6) is 0. The van der Waals surface area contributed by atoms with Crippen molar-refractivity contribution < 1.29 is 9.72 Å². The molecule has 0 saturated heterocycles. The second-order valence-electron chi connectivity index (χ2n) is 2.22. The Morgan fingerprint density at radius 3 is 2.69 bits per heavy atom. The van der Waals surface area contributed by atoms with Gasteiger partial charge in [-0.25, -0.2) is 0 Å². The third kappa shape index (κ3) is 2.41. The molecule has 0 heterocycles. The van der Waals surface area contributed by atoms with E-state index in [9.17, 15) is 14.9 Å². The summed E-state index contributed by atoms with van der Waals surface area (Å²) in [5, 5.41) is 12.8. The van der Waals surface area contributed by atoms with Gasteiger partial charge in [0.2, 0.25) is 6.41 Å². The van der Waals surface area contributed by atoms with Crippen LogP contribution in [-0.2, 0) is 4.79 Å². The molecule has 0 atom stereocenters. The molecular weight excluding hydrogens is 196 g/mol. The summed E-state index contributed by atoms with van der Waals surface area (Å²) in [6.07, 6.45) is 0.426. The lowest BCUT2D eigenvalue weighted by Gasteiger charge is -1.98. The molecule has 0 bridgehead atoms. The van der Waals surface area contributed by atoms with Gasteiger partial charge in [-0.05, 0) is 6.07 Å². The van der Waals surface area contributed by atoms with E-state index in [0.717, 1.165) is 0 Å². The third-order valence-corrected chi connectivity index (χ3v) is 1.54. The van der Waals surface area contributed by atoms with E-state index in [1.165, 1.54) is 18.2 Å². The molecule has 0 unspecified atom stereocenters. The maximum Gasteiger partial charge on any atom is 0.272 e. The molecule has 0 aliphatic rings. The van der Waals surface area contributed by atoms with E-state index in [-0.39, 0.29) is 10.7 Å². The van der Waals surface area contributed by atoms with Crippen LogP contribution in [0, 0.1) is 10.1 Å². The van der Waals surface area contributed by atoms with E-state index in [0.29, 0.717) is 12.1 Å². The molecule has 0 fully saturated rings. The minimum absolute atomic E-state index is 0.156. The Labute approximate surface area is 78.5 Å². The zero-order valence-electron chi connectivity index (χ0n) is 6.36. The van der Waals surface area contributed by atoms with Crippen LogP contribution >= 0.6 is 11.6 Å². The van der Waals surface area contributed by atoms with Gasteiger partial charge in [0.1, 0.15) is 0 Å². The van der Waals surface area contributed by atoms with E-state index in [2.05, 4.69) is 5.32 Å². The number of hydrogen-bond donors (Lipinski definition) is 1. The molecule has 0 aliphatic carbocycles. The van der Waals surface area contributed by atoms with Crippen LogP contribution < -0.4 is 5.32 Å². The minimum atomic E-state index is -0.581. The van der Waals surface area contributed by atoms with Gasteiger partial charge in [-0.3, -0.25) is 14.9 Å². The highest BCUT2D eigenvalue weighted by Gasteiger charge is 2.07. The van der Waals surface area contributed by atoms with Gasteiger partial charge in [0.05, 0.1) is 4.92 Å². The highest BCUT2D eigenvalue weighted by molar-refractivity contribution is 6.31. The van der Waals surface area contributed by atoms with E-state index in [1.807, 2.05) is 0 Å². The lowest BCUT2D eigenvalue weighted by Crippen LogP contribution is -1.95. The third-order valence-electron chi connectivity index (χ3n) is 1.32. The predicted octanol–water partition coefficient (Wildman–Crippen LogP) is 1.82. The monoisotopic (exact) mass is 200 g/mol. The van der Waals surface area contributed by atoms with Crippen molar-refractivity contribution in [2.75, 3.05) is 5.32 Å². The van der Waals surface area contributed by atoms with Crippen LogP contribution in [0.4, 0.5) is 11.4 Å². The summed E-state index contributed by atoms with van der Waals surface area (Å²) < 4.78 is 0. The van der Waals surface area contributed by atoms with Crippen LogP contribution in [0.1, 0.15) is 0 Å². The Hall–Kier alpha value is -1.62. The van der Waals surface area contributed by atoms with E-state index >= 15 is 0 Å². The summed E-state index contributed by atoms with van der Waals surface area (Å²) >= 11 is 5.57. The minimum Gasteiger partial charge on any atom is -0.328 e. The summed E-state index contributed by atoms with van der Waals surface area (Å²) in [4.78, 5) is 19.8. The lowest BCUT2D eigenvalue weighted by atomic mass is 10.3. The fourth-order valence-electron chi connectivity index (χ4n) is 0.831. The first-order valence-corrected chi connectivity index (χ1v) is 3.66. The first-order chi connectivity index (χ1) is 6.13. The summed E-state index contributed by atoms with van der Waals surface area (Å²) in [6.45, 7) is 0. The van der Waals surface area contributed by atoms with Crippen molar-refractivity contribution in [3.63, 3.8) is 0 Å². The van der Waals surface area contributed by atoms with Gasteiger partial charge in [0.25, 0.3) is 5.69 Å². The van der Waals surface area contributed by atoms with Gasteiger partial charge in [-0.1, -0.05) is 11.6 Å². The number of nitrogens with zero attached hydrogens (tertiary/aromatic N) is 1. The molecule has 0 spiro atoms. The molecule has 1 aromatic rings. The van der Waals surface area contributed by atoms with Crippen LogP contribution in [0.2, 0.25) is 5.02 Å². The SMILES string of the molecule is O=CNc1cc(Cl)cc([N+](=O)[O-])c1. The summed E-state index contributed by atoms with van der Waals surface area (Å²) in [6, 6.07) is 3.85. The molecule has 0 aromatic heterocycles. The van der Waals surface area contributed by atoms with Crippen LogP contribution in [0.3, 0.4) is 0 Å². The molecule has 6 heteroatoms. The van der Waals surface area contributed by atoms with Gasteiger partial charge in [-0.2, -0.15) is 0 Å². The number of nitro groups is 1. The van der Waals surface area contributed by atoms with Crippen LogP contribution in [0.15, 0.2) is 18.2 Å². The number of halogens is 1. The number of carbonyl (C=O) groups excluding carboxylic acids is 1. The predicted molar refractivity (Wildman–Crippen MR) is 47.8 cm³/mol. The van der Waals surface area contributed by atoms with Crippen LogP contribution in [-0.4, -0.2) is 11.3 Å². The fourth-order valence-corrected chi connectivity index (χ4v) is 1.06. The Morgan fingerprint density at radius 1 is 1.46 bits per heavy atom. The number of hydrogen-bond acceptors (Lipinski definition) is 3. The van der Waals surface area contributed by atoms with Gasteiger partial charge in [0.15, 0.2) is 0 Å². The number of nitro benzene ring substituents is 1. The second kappa shape index (κ2) is 3.86. The van der Waals surface area contributed by atoms with Crippen molar-refractivity contribution in [3.05, 3.63) is 33.3 Å². The van der Waals surface area contributed by atoms with Crippen molar-refractivity contribution in [2.24, 2.45) is 0 Å². The Bertz CT molecular complexity index is 354. The first kappa shape index (κ1) is 9.47. The Balaban J connectivity index is 3.10. The number of non-ortho nitro benzene ring substituents is 1. The highest BCUT2D eigenvalue weighted by Crippen LogP contribution is 2.23. The normalized spacial score (nSPS) is 9.31. The lowest BCUT2D eigenvalue weighted by molar-refractivity contribution is -0.384. The number of carbonyl (C=O) groups is 1. The zero-order valence-corrected chi connectivity index (χ0v) is 7.12. The van der Waals surface area contributed by atoms with Gasteiger partial charge >= 0.3 is 0 Å². The molecule has 0 aliphatic heterocycles. The van der Waals surface area contributed by atoms with Crippen molar-refractivity contribution >= 4 is 29.4 Å². The van der Waals surface area contributed by atoms with Gasteiger partial charge in [0, 0.05) is 22.8 Å². The summed E-state index contributed by atoms with van der Waals surface area (Å²) in [7, 11) is 0. The summed E-state index contributed by atoms with van der Waals surface area (Å²) in [5.41, 5.74) is 0.144. The molecule has 13 heavy (non-hydrogen) atoms. The number of nitrogens with one attached hydrogen (secondary N) is 1. The molecule has 1 rings (SSSR count). The van der Waals surface area contributed by atoms with Crippen molar-refractivity contribution in [3.8, 4) is 0 Å². The molecule has 68 valence electrons. The standard InChI is InChI=1S/C7H5ClN2O3/c8-5-1-6(9-4-11)3-7(2-5)10(12)13/h1-4H,(H,9,11). The number of rotatable bonds is 3. The molecular formula is C7H5ClN2O3. The Morgan fingerprint density at radius 2 is 2.15 bits per heavy atom. The maximum absolute atomic E-state index is 10.3. The van der Waals surface area contributed by atoms with Crippen molar-refractivity contribution in [1.82, 2.24) is 0 Å². The number of benzene rings is 1. The van der Waals surface area contributed by atoms with Crippen LogP contribution in [0.25, 0.3) is 0 Å². The number of amides is 1. The zero-order chi connectivity index (χ0) is 9.84. The Kier molecular flexibility index (Phi) is 2.81. The molecule has 0 saturated carbocycles. The van der Waals surface area contributed by atoms with Gasteiger partial charge in [-0.15, -0.1) is 0 Å². The molecule has 1 aromatic carbocycles. The number of anilines is 1. The molecule has 5 nitrogen and oxygen atoms in total. The van der Waals surface area contributed by atoms with Crippen molar-refractivity contribution in [1.29, 1.82) is 0 Å². The topological polar surface area (TPSA) is 72.2 Å². The second-order valence-corrected chi connectivity index (χ2v) is 2.65. The quantitative estimate of drug-likeness (QED) is 0.460. The van der Waals surface area contributed by atoms with Crippen LogP contribution in [0.5, 0.6) is 0 Å². The first-order valence-electron chi connectivity index (χ1n) is 3.28. The van der Waals surface area contributed by atoms with E-state index in [1.54, 1.807) is 0 Å².